The van der Waals surface area contributed by atoms with Crippen molar-refractivity contribution in [3.8, 4) is 11.5 Å². The minimum Gasteiger partial charge on any atom is -0.493 e. The number of piperidine rings is 1. The van der Waals surface area contributed by atoms with Gasteiger partial charge >= 0.3 is 18.0 Å². The van der Waals surface area contributed by atoms with Gasteiger partial charge in [-0.2, -0.15) is 0 Å². The Morgan fingerprint density at radius 2 is 1.83 bits per heavy atom. The molecule has 0 aliphatic carbocycles. The molecule has 2 aliphatic heterocycles. The fraction of sp³-hybridized carbons (Fsp3) is 0.577. The van der Waals surface area contributed by atoms with Crippen molar-refractivity contribution in [1.82, 2.24) is 15.1 Å². The molecule has 0 aromatic heterocycles. The molecule has 2 heterocycles. The smallest absolute Gasteiger partial charge is 0.338 e. The number of carbonyl (C=O) groups is 3. The van der Waals surface area contributed by atoms with Crippen LogP contribution in [0.25, 0.3) is 0 Å². The van der Waals surface area contributed by atoms with Gasteiger partial charge in [-0.3, -0.25) is 14.6 Å². The Kier molecular flexibility index (Phi) is 9.58. The van der Waals surface area contributed by atoms with E-state index < -0.39 is 12.0 Å². The molecule has 0 radical (unpaired) electrons. The summed E-state index contributed by atoms with van der Waals surface area (Å²) < 4.78 is 21.8. The molecule has 0 bridgehead atoms. The number of rotatable bonds is 10. The molecule has 2 aliphatic rings. The van der Waals surface area contributed by atoms with E-state index in [0.717, 1.165) is 19.4 Å². The van der Waals surface area contributed by atoms with Gasteiger partial charge in [0.1, 0.15) is 0 Å². The topological polar surface area (TPSA) is 107 Å². The van der Waals surface area contributed by atoms with Gasteiger partial charge in [0.2, 0.25) is 0 Å². The highest BCUT2D eigenvalue weighted by Crippen LogP contribution is 2.40. The van der Waals surface area contributed by atoms with E-state index in [1.807, 2.05) is 6.92 Å². The summed E-state index contributed by atoms with van der Waals surface area (Å²) in [6.45, 7) is 7.82. The van der Waals surface area contributed by atoms with Crippen molar-refractivity contribution < 1.29 is 33.3 Å². The van der Waals surface area contributed by atoms with E-state index in [1.54, 1.807) is 36.9 Å². The van der Waals surface area contributed by atoms with Crippen LogP contribution in [0.1, 0.15) is 45.2 Å². The SMILES string of the molecule is CCOC(=O)C1=C(CN2CCCC(C(=O)OCC)C2)N(CC)C(=O)NC1c1cccc(OC)c1OC. The lowest BCUT2D eigenvalue weighted by Crippen LogP contribution is -2.52. The third-order valence-electron chi connectivity index (χ3n) is 6.49. The first-order chi connectivity index (χ1) is 17.4. The molecule has 10 heteroatoms. The van der Waals surface area contributed by atoms with Crippen LogP contribution in [0.5, 0.6) is 11.5 Å². The van der Waals surface area contributed by atoms with Crippen molar-refractivity contribution in [1.29, 1.82) is 0 Å². The maximum Gasteiger partial charge on any atom is 0.338 e. The van der Waals surface area contributed by atoms with Gasteiger partial charge in [0.15, 0.2) is 11.5 Å². The first-order valence-corrected chi connectivity index (χ1v) is 12.5. The maximum absolute atomic E-state index is 13.4. The molecule has 1 fully saturated rings. The largest absolute Gasteiger partial charge is 0.493 e. The Hall–Kier alpha value is -3.27. The Morgan fingerprint density at radius 3 is 2.47 bits per heavy atom. The Bertz CT molecular complexity index is 994. The van der Waals surface area contributed by atoms with Gasteiger partial charge in [-0.15, -0.1) is 0 Å². The number of ether oxygens (including phenoxy) is 4. The molecule has 1 saturated heterocycles. The summed E-state index contributed by atoms with van der Waals surface area (Å²) in [5.74, 6) is -0.0570. The van der Waals surface area contributed by atoms with Crippen LogP contribution in [-0.2, 0) is 19.1 Å². The second-order valence-corrected chi connectivity index (χ2v) is 8.62. The van der Waals surface area contributed by atoms with Crippen molar-refractivity contribution in [2.75, 3.05) is 53.6 Å². The van der Waals surface area contributed by atoms with E-state index in [4.69, 9.17) is 18.9 Å². The Morgan fingerprint density at radius 1 is 1.08 bits per heavy atom. The average Bonchev–Trinajstić information content (AvgIpc) is 2.88. The monoisotopic (exact) mass is 503 g/mol. The lowest BCUT2D eigenvalue weighted by Gasteiger charge is -2.40. The number of esters is 2. The molecular formula is C26H37N3O7. The van der Waals surface area contributed by atoms with Crippen LogP contribution >= 0.6 is 0 Å². The molecule has 3 rings (SSSR count). The number of nitrogens with zero attached hydrogens (tertiary/aromatic N) is 2. The van der Waals surface area contributed by atoms with Crippen molar-refractivity contribution in [3.05, 3.63) is 35.0 Å². The molecular weight excluding hydrogens is 466 g/mol. The Labute approximate surface area is 212 Å². The predicted molar refractivity (Wildman–Crippen MR) is 133 cm³/mol. The quantitative estimate of drug-likeness (QED) is 0.486. The van der Waals surface area contributed by atoms with Crippen LogP contribution in [-0.4, -0.2) is 81.4 Å². The third kappa shape index (κ3) is 5.75. The van der Waals surface area contributed by atoms with Crippen LogP contribution in [0.2, 0.25) is 0 Å². The molecule has 1 N–H and O–H groups in total. The van der Waals surface area contributed by atoms with Gasteiger partial charge in [0.25, 0.3) is 0 Å². The Balaban J connectivity index is 2.09. The van der Waals surface area contributed by atoms with E-state index in [0.29, 0.717) is 54.6 Å². The number of carbonyl (C=O) groups excluding carboxylic acids is 3. The fourth-order valence-electron chi connectivity index (χ4n) is 4.89. The molecule has 0 spiro atoms. The van der Waals surface area contributed by atoms with Gasteiger partial charge in [0.05, 0.1) is 45.0 Å². The summed E-state index contributed by atoms with van der Waals surface area (Å²) in [5.41, 5.74) is 1.48. The number of hydrogen-bond donors (Lipinski definition) is 1. The van der Waals surface area contributed by atoms with E-state index in [9.17, 15) is 14.4 Å². The molecule has 1 aromatic rings. The van der Waals surface area contributed by atoms with E-state index in [-0.39, 0.29) is 24.5 Å². The normalized spacial score (nSPS) is 20.6. The van der Waals surface area contributed by atoms with Crippen LogP contribution in [0.15, 0.2) is 29.5 Å². The number of urea groups is 1. The molecule has 0 saturated carbocycles. The van der Waals surface area contributed by atoms with Gasteiger partial charge in [0, 0.05) is 30.9 Å². The lowest BCUT2D eigenvalue weighted by molar-refractivity contribution is -0.150. The second-order valence-electron chi connectivity index (χ2n) is 8.62. The summed E-state index contributed by atoms with van der Waals surface area (Å²) in [5, 5.41) is 2.96. The number of amides is 2. The maximum atomic E-state index is 13.4. The molecule has 2 unspecified atom stereocenters. The van der Waals surface area contributed by atoms with Gasteiger partial charge in [-0.25, -0.2) is 9.59 Å². The zero-order valence-corrected chi connectivity index (χ0v) is 21.8. The molecule has 10 nitrogen and oxygen atoms in total. The molecule has 2 atom stereocenters. The third-order valence-corrected chi connectivity index (χ3v) is 6.49. The van der Waals surface area contributed by atoms with E-state index in [1.165, 1.54) is 14.2 Å². The number of nitrogens with one attached hydrogen (secondary N) is 1. The predicted octanol–water partition coefficient (Wildman–Crippen LogP) is 2.88. The van der Waals surface area contributed by atoms with Crippen LogP contribution < -0.4 is 14.8 Å². The van der Waals surface area contributed by atoms with E-state index in [2.05, 4.69) is 10.2 Å². The van der Waals surface area contributed by atoms with Gasteiger partial charge in [-0.05, 0) is 46.2 Å². The minimum absolute atomic E-state index is 0.187. The van der Waals surface area contributed by atoms with Crippen molar-refractivity contribution in [3.63, 3.8) is 0 Å². The standard InChI is InChI=1S/C26H37N3O7/c1-6-29-19(16-28-14-10-11-17(15-28)24(30)35-7-2)21(25(31)36-8-3)22(27-26(29)32)18-12-9-13-20(33-4)23(18)34-5/h9,12-13,17,22H,6-8,10-11,14-16H2,1-5H3,(H,27,32). The summed E-state index contributed by atoms with van der Waals surface area (Å²) in [6, 6.07) is 4.21. The number of methoxy groups -OCH3 is 2. The molecule has 1 aromatic carbocycles. The van der Waals surface area contributed by atoms with Crippen molar-refractivity contribution >= 4 is 18.0 Å². The molecule has 36 heavy (non-hydrogen) atoms. The van der Waals surface area contributed by atoms with Crippen LogP contribution in [0, 0.1) is 5.92 Å². The van der Waals surface area contributed by atoms with Crippen molar-refractivity contribution in [2.45, 2.75) is 39.7 Å². The molecule has 2 amide bonds. The number of likely N-dealkylation sites (N-methyl/N-ethyl adjacent to an activating group) is 1. The summed E-state index contributed by atoms with van der Waals surface area (Å²) in [7, 11) is 3.05. The first kappa shape index (κ1) is 27.3. The van der Waals surface area contributed by atoms with Crippen LogP contribution in [0.4, 0.5) is 4.79 Å². The lowest BCUT2D eigenvalue weighted by atomic mass is 9.92. The number of benzene rings is 1. The number of hydrogen-bond acceptors (Lipinski definition) is 8. The average molecular weight is 504 g/mol. The zero-order chi connectivity index (χ0) is 26.2. The summed E-state index contributed by atoms with van der Waals surface area (Å²) in [4.78, 5) is 42.7. The minimum atomic E-state index is -0.801. The van der Waals surface area contributed by atoms with Crippen LogP contribution in [0.3, 0.4) is 0 Å². The van der Waals surface area contributed by atoms with Gasteiger partial charge < -0.3 is 24.3 Å². The molecule has 198 valence electrons. The second kappa shape index (κ2) is 12.6. The highest BCUT2D eigenvalue weighted by molar-refractivity contribution is 5.95. The first-order valence-electron chi connectivity index (χ1n) is 12.5. The van der Waals surface area contributed by atoms with Gasteiger partial charge in [-0.1, -0.05) is 12.1 Å². The summed E-state index contributed by atoms with van der Waals surface area (Å²) >= 11 is 0. The fourth-order valence-corrected chi connectivity index (χ4v) is 4.89. The summed E-state index contributed by atoms with van der Waals surface area (Å²) in [6.07, 6.45) is 1.57. The zero-order valence-electron chi connectivity index (χ0n) is 21.8. The highest BCUT2D eigenvalue weighted by Gasteiger charge is 2.40. The number of likely N-dealkylation sites (tertiary alicyclic amines) is 1. The van der Waals surface area contributed by atoms with E-state index >= 15 is 0 Å². The number of para-hydroxylation sites is 1. The van der Waals surface area contributed by atoms with Crippen molar-refractivity contribution in [2.24, 2.45) is 5.92 Å². The highest BCUT2D eigenvalue weighted by atomic mass is 16.5.